The smallest absolute Gasteiger partial charge is 0.210 e. The molecule has 0 atom stereocenters. The van der Waals surface area contributed by atoms with E-state index in [1.165, 1.54) is 12.1 Å². The molecule has 2 aromatic carbocycles. The van der Waals surface area contributed by atoms with E-state index in [1.807, 2.05) is 19.1 Å². The molecule has 1 aliphatic rings. The molecule has 2 aromatic rings. The highest BCUT2D eigenvalue weighted by molar-refractivity contribution is 7.89. The van der Waals surface area contributed by atoms with E-state index < -0.39 is 10.0 Å². The van der Waals surface area contributed by atoms with Crippen molar-refractivity contribution >= 4 is 10.0 Å². The Labute approximate surface area is 136 Å². The summed E-state index contributed by atoms with van der Waals surface area (Å²) in [6.07, 6.45) is 2.70. The number of halogens is 1. The molecule has 5 heteroatoms. The van der Waals surface area contributed by atoms with Crippen molar-refractivity contribution in [3.8, 4) is 0 Å². The Bertz CT molecular complexity index is 779. The monoisotopic (exact) mass is 333 g/mol. The topological polar surface area (TPSA) is 46.2 Å². The minimum atomic E-state index is -3.52. The zero-order valence-corrected chi connectivity index (χ0v) is 13.9. The number of nitrogens with one attached hydrogen (secondary N) is 1. The van der Waals surface area contributed by atoms with Crippen LogP contribution in [-0.4, -0.2) is 15.0 Å². The third-order valence-electron chi connectivity index (χ3n) is 4.55. The molecule has 0 unspecified atom stereocenters. The Morgan fingerprint density at radius 1 is 1.04 bits per heavy atom. The van der Waals surface area contributed by atoms with Gasteiger partial charge in [-0.05, 0) is 54.7 Å². The summed E-state index contributed by atoms with van der Waals surface area (Å²) in [4.78, 5) is 0.282. The summed E-state index contributed by atoms with van der Waals surface area (Å²) in [5.74, 6) is -0.277. The molecule has 0 saturated heterocycles. The molecule has 0 heterocycles. The molecular weight excluding hydrogens is 313 g/mol. The van der Waals surface area contributed by atoms with Gasteiger partial charge in [0.15, 0.2) is 0 Å². The van der Waals surface area contributed by atoms with Gasteiger partial charge in [-0.15, -0.1) is 0 Å². The highest BCUT2D eigenvalue weighted by atomic mass is 32.2. The van der Waals surface area contributed by atoms with Crippen LogP contribution in [0.4, 0.5) is 4.39 Å². The molecule has 0 radical (unpaired) electrons. The molecule has 0 bridgehead atoms. The lowest BCUT2D eigenvalue weighted by atomic mass is 9.96. The van der Waals surface area contributed by atoms with E-state index in [0.29, 0.717) is 6.54 Å². The number of benzene rings is 2. The third-order valence-corrected chi connectivity index (χ3v) is 5.97. The van der Waals surface area contributed by atoms with E-state index in [1.54, 1.807) is 24.3 Å². The SMILES string of the molecule is CCc1ccc(S(=O)(=O)NCC2(c3ccc(F)cc3)CC2)cc1. The average molecular weight is 333 g/mol. The zero-order valence-electron chi connectivity index (χ0n) is 13.0. The molecule has 0 aromatic heterocycles. The van der Waals surface area contributed by atoms with E-state index in [0.717, 1.165) is 30.4 Å². The van der Waals surface area contributed by atoms with Crippen LogP contribution in [0.25, 0.3) is 0 Å². The van der Waals surface area contributed by atoms with E-state index in [4.69, 9.17) is 0 Å². The Balaban J connectivity index is 1.72. The second-order valence-corrected chi connectivity index (χ2v) is 7.88. The summed E-state index contributed by atoms with van der Waals surface area (Å²) in [6, 6.07) is 13.3. The third kappa shape index (κ3) is 3.46. The standard InChI is InChI=1S/C18H20FNO2S/c1-2-14-3-9-17(10-4-14)23(21,22)20-13-18(11-12-18)15-5-7-16(19)8-6-15/h3-10,20H,2,11-13H2,1H3. The summed E-state index contributed by atoms with van der Waals surface area (Å²) in [5.41, 5.74) is 1.90. The second kappa shape index (κ2) is 6.06. The van der Waals surface area contributed by atoms with Gasteiger partial charge in [0, 0.05) is 12.0 Å². The highest BCUT2D eigenvalue weighted by Gasteiger charge is 2.44. The molecule has 0 amide bonds. The first-order valence-electron chi connectivity index (χ1n) is 7.80. The van der Waals surface area contributed by atoms with Crippen LogP contribution < -0.4 is 4.72 Å². The minimum Gasteiger partial charge on any atom is -0.210 e. The van der Waals surface area contributed by atoms with Crippen LogP contribution in [0.1, 0.15) is 30.9 Å². The molecule has 23 heavy (non-hydrogen) atoms. The number of aryl methyl sites for hydroxylation is 1. The lowest BCUT2D eigenvalue weighted by Gasteiger charge is -2.17. The highest BCUT2D eigenvalue weighted by Crippen LogP contribution is 2.47. The Morgan fingerprint density at radius 3 is 2.17 bits per heavy atom. The van der Waals surface area contributed by atoms with Crippen molar-refractivity contribution in [2.75, 3.05) is 6.54 Å². The van der Waals surface area contributed by atoms with Crippen molar-refractivity contribution in [3.63, 3.8) is 0 Å². The van der Waals surface area contributed by atoms with Crippen molar-refractivity contribution < 1.29 is 12.8 Å². The summed E-state index contributed by atoms with van der Waals surface area (Å²) in [7, 11) is -3.52. The van der Waals surface area contributed by atoms with Crippen molar-refractivity contribution in [1.29, 1.82) is 0 Å². The minimum absolute atomic E-state index is 0.190. The quantitative estimate of drug-likeness (QED) is 0.881. The summed E-state index contributed by atoms with van der Waals surface area (Å²) in [5, 5.41) is 0. The maximum atomic E-state index is 13.0. The number of rotatable bonds is 6. The van der Waals surface area contributed by atoms with Gasteiger partial charge in [-0.2, -0.15) is 0 Å². The molecule has 1 N–H and O–H groups in total. The fourth-order valence-corrected chi connectivity index (χ4v) is 3.87. The van der Waals surface area contributed by atoms with Gasteiger partial charge in [-0.25, -0.2) is 17.5 Å². The summed E-state index contributed by atoms with van der Waals surface area (Å²) >= 11 is 0. The summed E-state index contributed by atoms with van der Waals surface area (Å²) in [6.45, 7) is 2.37. The van der Waals surface area contributed by atoms with E-state index in [9.17, 15) is 12.8 Å². The van der Waals surface area contributed by atoms with Gasteiger partial charge in [-0.1, -0.05) is 31.2 Å². The molecule has 0 spiro atoms. The van der Waals surface area contributed by atoms with Gasteiger partial charge >= 0.3 is 0 Å². The van der Waals surface area contributed by atoms with Gasteiger partial charge < -0.3 is 0 Å². The molecule has 1 fully saturated rings. The van der Waals surface area contributed by atoms with E-state index in [-0.39, 0.29) is 16.1 Å². The van der Waals surface area contributed by atoms with Crippen LogP contribution in [0.5, 0.6) is 0 Å². The fourth-order valence-electron chi connectivity index (χ4n) is 2.74. The zero-order chi connectivity index (χ0) is 16.5. The van der Waals surface area contributed by atoms with Crippen LogP contribution in [0.3, 0.4) is 0 Å². The number of sulfonamides is 1. The first-order valence-corrected chi connectivity index (χ1v) is 9.28. The van der Waals surface area contributed by atoms with Crippen LogP contribution >= 0.6 is 0 Å². The van der Waals surface area contributed by atoms with Crippen LogP contribution in [0, 0.1) is 5.82 Å². The lowest BCUT2D eigenvalue weighted by Crippen LogP contribution is -2.32. The van der Waals surface area contributed by atoms with Gasteiger partial charge in [-0.3, -0.25) is 0 Å². The maximum Gasteiger partial charge on any atom is 0.240 e. The molecule has 1 saturated carbocycles. The van der Waals surface area contributed by atoms with Gasteiger partial charge in [0.1, 0.15) is 5.82 Å². The first-order chi connectivity index (χ1) is 11.0. The average Bonchev–Trinajstić information content (AvgIpc) is 3.35. The van der Waals surface area contributed by atoms with Gasteiger partial charge in [0.2, 0.25) is 10.0 Å². The van der Waals surface area contributed by atoms with Crippen molar-refractivity contribution in [3.05, 3.63) is 65.5 Å². The Hall–Kier alpha value is -1.72. The lowest BCUT2D eigenvalue weighted by molar-refractivity contribution is 0.566. The van der Waals surface area contributed by atoms with Crippen LogP contribution in [0.15, 0.2) is 53.4 Å². The van der Waals surface area contributed by atoms with E-state index in [2.05, 4.69) is 4.72 Å². The van der Waals surface area contributed by atoms with E-state index >= 15 is 0 Å². The van der Waals surface area contributed by atoms with Gasteiger partial charge in [0.25, 0.3) is 0 Å². The molecule has 0 aliphatic heterocycles. The van der Waals surface area contributed by atoms with Crippen LogP contribution in [0.2, 0.25) is 0 Å². The number of hydrogen-bond acceptors (Lipinski definition) is 2. The summed E-state index contributed by atoms with van der Waals surface area (Å²) < 4.78 is 40.6. The molecule has 122 valence electrons. The molecular formula is C18H20FNO2S. The second-order valence-electron chi connectivity index (χ2n) is 6.11. The Kier molecular flexibility index (Phi) is 4.25. The molecule has 3 rings (SSSR count). The molecule has 1 aliphatic carbocycles. The van der Waals surface area contributed by atoms with Gasteiger partial charge in [0.05, 0.1) is 4.90 Å². The number of hydrogen-bond donors (Lipinski definition) is 1. The normalized spacial score (nSPS) is 16.3. The Morgan fingerprint density at radius 2 is 1.65 bits per heavy atom. The van der Waals surface area contributed by atoms with Crippen molar-refractivity contribution in [1.82, 2.24) is 4.72 Å². The molecule has 3 nitrogen and oxygen atoms in total. The fraction of sp³-hybridized carbons (Fsp3) is 0.333. The predicted molar refractivity (Wildman–Crippen MR) is 88.3 cm³/mol. The van der Waals surface area contributed by atoms with Crippen molar-refractivity contribution in [2.45, 2.75) is 36.5 Å². The van der Waals surface area contributed by atoms with Crippen molar-refractivity contribution in [2.24, 2.45) is 0 Å². The van der Waals surface area contributed by atoms with Crippen LogP contribution in [-0.2, 0) is 21.9 Å². The largest absolute Gasteiger partial charge is 0.240 e. The maximum absolute atomic E-state index is 13.0. The first kappa shape index (κ1) is 16.1. The predicted octanol–water partition coefficient (Wildman–Crippen LogP) is 3.40.